The minimum Gasteiger partial charge on any atom is -0.360 e. The Morgan fingerprint density at radius 1 is 1.20 bits per heavy atom. The van der Waals surface area contributed by atoms with Gasteiger partial charge in [-0.25, -0.2) is 0 Å². The summed E-state index contributed by atoms with van der Waals surface area (Å²) in [6.07, 6.45) is 11.2. The molecule has 0 aromatic carbocycles. The smallest absolute Gasteiger partial charge is 0.166 e. The molecule has 86 valence electrons. The van der Waals surface area contributed by atoms with Crippen LogP contribution in [0.25, 0.3) is 0 Å². The molecule has 15 heavy (non-hydrogen) atoms. The lowest BCUT2D eigenvalue weighted by atomic mass is 9.97. The number of hydrogen-bond donors (Lipinski definition) is 2. The van der Waals surface area contributed by atoms with Gasteiger partial charge in [0.15, 0.2) is 5.11 Å². The fourth-order valence-electron chi connectivity index (χ4n) is 2.00. The topological polar surface area (TPSA) is 24.1 Å². The molecule has 1 fully saturated rings. The van der Waals surface area contributed by atoms with Crippen molar-refractivity contribution in [1.82, 2.24) is 10.6 Å². The second kappa shape index (κ2) is 7.69. The normalized spacial score (nSPS) is 18.7. The maximum Gasteiger partial charge on any atom is 0.166 e. The van der Waals surface area contributed by atoms with E-state index in [1.165, 1.54) is 44.9 Å². The van der Waals surface area contributed by atoms with Crippen LogP contribution in [0.3, 0.4) is 0 Å². The van der Waals surface area contributed by atoms with Crippen molar-refractivity contribution in [3.05, 3.63) is 12.7 Å². The Hall–Kier alpha value is -0.570. The molecule has 1 rings (SSSR count). The molecule has 0 radical (unpaired) electrons. The summed E-state index contributed by atoms with van der Waals surface area (Å²) in [7, 11) is 0. The molecule has 0 spiro atoms. The molecule has 0 amide bonds. The number of thiocarbonyl (C=S) groups is 1. The maximum absolute atomic E-state index is 5.21. The maximum atomic E-state index is 5.21. The summed E-state index contributed by atoms with van der Waals surface area (Å²) in [5, 5.41) is 7.29. The first-order chi connectivity index (χ1) is 7.33. The molecule has 1 aliphatic carbocycles. The van der Waals surface area contributed by atoms with E-state index in [-0.39, 0.29) is 0 Å². The van der Waals surface area contributed by atoms with Crippen LogP contribution in [-0.4, -0.2) is 17.7 Å². The largest absolute Gasteiger partial charge is 0.360 e. The van der Waals surface area contributed by atoms with E-state index in [1.54, 1.807) is 0 Å². The van der Waals surface area contributed by atoms with Crippen molar-refractivity contribution in [2.45, 2.75) is 51.0 Å². The Labute approximate surface area is 98.5 Å². The Bertz CT molecular complexity index is 196. The van der Waals surface area contributed by atoms with Crippen LogP contribution in [-0.2, 0) is 0 Å². The Balaban J connectivity index is 2.21. The second-order valence-corrected chi connectivity index (χ2v) is 4.59. The second-order valence-electron chi connectivity index (χ2n) is 4.19. The van der Waals surface area contributed by atoms with Crippen LogP contribution >= 0.6 is 12.2 Å². The zero-order chi connectivity index (χ0) is 10.9. The van der Waals surface area contributed by atoms with Gasteiger partial charge in [-0.15, -0.1) is 6.58 Å². The van der Waals surface area contributed by atoms with Gasteiger partial charge in [-0.3, -0.25) is 0 Å². The van der Waals surface area contributed by atoms with E-state index in [0.717, 1.165) is 11.7 Å². The van der Waals surface area contributed by atoms with Gasteiger partial charge in [-0.1, -0.05) is 38.2 Å². The van der Waals surface area contributed by atoms with E-state index in [4.69, 9.17) is 12.2 Å². The molecule has 0 aliphatic heterocycles. The van der Waals surface area contributed by atoms with E-state index >= 15 is 0 Å². The van der Waals surface area contributed by atoms with Crippen molar-refractivity contribution in [1.29, 1.82) is 0 Å². The zero-order valence-corrected chi connectivity index (χ0v) is 10.2. The minimum absolute atomic E-state index is 0.579. The highest BCUT2D eigenvalue weighted by Crippen LogP contribution is 2.16. The van der Waals surface area contributed by atoms with Gasteiger partial charge in [0.2, 0.25) is 0 Å². The standard InChI is InChI=1S/C12H22N2S/c1-2-10-13-12(15)14-11-8-6-4-3-5-7-9-11/h2,11H,1,3-10H2,(H2,13,14,15). The molecule has 0 atom stereocenters. The minimum atomic E-state index is 0.579. The third-order valence-electron chi connectivity index (χ3n) is 2.85. The third-order valence-corrected chi connectivity index (χ3v) is 3.11. The van der Waals surface area contributed by atoms with Crippen molar-refractivity contribution in [3.8, 4) is 0 Å². The molecule has 1 aliphatic rings. The summed E-state index contributed by atoms with van der Waals surface area (Å²) < 4.78 is 0. The highest BCUT2D eigenvalue weighted by atomic mass is 32.1. The van der Waals surface area contributed by atoms with Gasteiger partial charge in [-0.2, -0.15) is 0 Å². The van der Waals surface area contributed by atoms with E-state index in [1.807, 2.05) is 6.08 Å². The first-order valence-corrected chi connectivity index (χ1v) is 6.39. The lowest BCUT2D eigenvalue weighted by molar-refractivity contribution is 0.427. The van der Waals surface area contributed by atoms with Gasteiger partial charge in [0, 0.05) is 12.6 Å². The SMILES string of the molecule is C=CCNC(=S)NC1CCCCCCC1. The first kappa shape index (κ1) is 12.5. The van der Waals surface area contributed by atoms with Crippen LogP contribution in [0.2, 0.25) is 0 Å². The fraction of sp³-hybridized carbons (Fsp3) is 0.750. The van der Waals surface area contributed by atoms with Crippen molar-refractivity contribution < 1.29 is 0 Å². The van der Waals surface area contributed by atoms with Crippen LogP contribution in [0.15, 0.2) is 12.7 Å². The van der Waals surface area contributed by atoms with Crippen molar-refractivity contribution >= 4 is 17.3 Å². The zero-order valence-electron chi connectivity index (χ0n) is 9.43. The summed E-state index contributed by atoms with van der Waals surface area (Å²) >= 11 is 5.21. The van der Waals surface area contributed by atoms with Crippen LogP contribution < -0.4 is 10.6 Å². The molecule has 3 heteroatoms. The van der Waals surface area contributed by atoms with Gasteiger partial charge in [0.05, 0.1) is 0 Å². The van der Waals surface area contributed by atoms with Crippen molar-refractivity contribution in [2.24, 2.45) is 0 Å². The summed E-state index contributed by atoms with van der Waals surface area (Å²) in [6.45, 7) is 4.41. The summed E-state index contributed by atoms with van der Waals surface area (Å²) in [5.41, 5.74) is 0. The van der Waals surface area contributed by atoms with Crippen LogP contribution in [0.1, 0.15) is 44.9 Å². The molecule has 0 unspecified atom stereocenters. The quantitative estimate of drug-likeness (QED) is 0.571. The molecule has 0 aromatic rings. The molecule has 0 heterocycles. The number of rotatable bonds is 3. The Morgan fingerprint density at radius 3 is 2.40 bits per heavy atom. The monoisotopic (exact) mass is 226 g/mol. The van der Waals surface area contributed by atoms with E-state index in [9.17, 15) is 0 Å². The highest BCUT2D eigenvalue weighted by Gasteiger charge is 2.11. The summed E-state index contributed by atoms with van der Waals surface area (Å²) in [6, 6.07) is 0.579. The summed E-state index contributed by atoms with van der Waals surface area (Å²) in [4.78, 5) is 0. The first-order valence-electron chi connectivity index (χ1n) is 5.98. The lowest BCUT2D eigenvalue weighted by Gasteiger charge is -2.22. The van der Waals surface area contributed by atoms with Crippen molar-refractivity contribution in [3.63, 3.8) is 0 Å². The highest BCUT2D eigenvalue weighted by molar-refractivity contribution is 7.80. The molecular formula is C12H22N2S. The Kier molecular flexibility index (Phi) is 6.41. The van der Waals surface area contributed by atoms with Crippen LogP contribution in [0.4, 0.5) is 0 Å². The summed E-state index contributed by atoms with van der Waals surface area (Å²) in [5.74, 6) is 0. The average Bonchev–Trinajstić information content (AvgIpc) is 2.19. The predicted octanol–water partition coefficient (Wildman–Crippen LogP) is 2.75. The van der Waals surface area contributed by atoms with Gasteiger partial charge < -0.3 is 10.6 Å². The van der Waals surface area contributed by atoms with Gasteiger partial charge in [-0.05, 0) is 25.1 Å². The van der Waals surface area contributed by atoms with Crippen molar-refractivity contribution in [2.75, 3.05) is 6.54 Å². The lowest BCUT2D eigenvalue weighted by Crippen LogP contribution is -2.42. The molecular weight excluding hydrogens is 204 g/mol. The van der Waals surface area contributed by atoms with Gasteiger partial charge in [0.25, 0.3) is 0 Å². The molecule has 1 saturated carbocycles. The third kappa shape index (κ3) is 5.78. The molecule has 0 bridgehead atoms. The molecule has 0 aromatic heterocycles. The Morgan fingerprint density at radius 2 is 1.80 bits per heavy atom. The predicted molar refractivity (Wildman–Crippen MR) is 70.0 cm³/mol. The molecule has 0 saturated heterocycles. The molecule has 2 N–H and O–H groups in total. The number of nitrogens with one attached hydrogen (secondary N) is 2. The van der Waals surface area contributed by atoms with Gasteiger partial charge in [0.1, 0.15) is 0 Å². The van der Waals surface area contributed by atoms with E-state index in [2.05, 4.69) is 17.2 Å². The van der Waals surface area contributed by atoms with Crippen LogP contribution in [0, 0.1) is 0 Å². The van der Waals surface area contributed by atoms with E-state index in [0.29, 0.717) is 6.04 Å². The number of hydrogen-bond acceptors (Lipinski definition) is 1. The van der Waals surface area contributed by atoms with E-state index < -0.39 is 0 Å². The molecule has 2 nitrogen and oxygen atoms in total. The fourth-order valence-corrected chi connectivity index (χ4v) is 2.25. The van der Waals surface area contributed by atoms with Gasteiger partial charge >= 0.3 is 0 Å². The average molecular weight is 226 g/mol. The van der Waals surface area contributed by atoms with Crippen LogP contribution in [0.5, 0.6) is 0 Å².